The summed E-state index contributed by atoms with van der Waals surface area (Å²) in [4.78, 5) is 11.3. The van der Waals surface area contributed by atoms with Crippen molar-refractivity contribution in [2.75, 3.05) is 5.75 Å². The molecule has 0 aliphatic carbocycles. The normalized spacial score (nSPS) is 16.2. The second-order valence-corrected chi connectivity index (χ2v) is 5.89. The molecule has 0 radical (unpaired) electrons. The Labute approximate surface area is 83.6 Å². The maximum absolute atomic E-state index is 11.6. The van der Waals surface area contributed by atoms with E-state index in [0.717, 1.165) is 0 Å². The summed E-state index contributed by atoms with van der Waals surface area (Å²) in [5.74, 6) is 0.701. The van der Waals surface area contributed by atoms with E-state index in [9.17, 15) is 9.00 Å². The van der Waals surface area contributed by atoms with Crippen molar-refractivity contribution in [3.8, 4) is 0 Å². The van der Waals surface area contributed by atoms with Gasteiger partial charge in [0, 0.05) is 22.0 Å². The zero-order valence-corrected chi connectivity index (χ0v) is 9.98. The quantitative estimate of drug-likeness (QED) is 0.686. The van der Waals surface area contributed by atoms with Crippen molar-refractivity contribution >= 4 is 16.6 Å². The van der Waals surface area contributed by atoms with Crippen molar-refractivity contribution in [3.05, 3.63) is 0 Å². The van der Waals surface area contributed by atoms with Gasteiger partial charge in [0.2, 0.25) is 0 Å². The summed E-state index contributed by atoms with van der Waals surface area (Å²) in [6.45, 7) is 9.69. The minimum absolute atomic E-state index is 0.00307. The first-order chi connectivity index (χ1) is 5.86. The summed E-state index contributed by atoms with van der Waals surface area (Å²) >= 11 is 0. The Morgan fingerprint density at radius 3 is 1.92 bits per heavy atom. The minimum Gasteiger partial charge on any atom is -0.298 e. The molecule has 3 heteroatoms. The topological polar surface area (TPSA) is 34.1 Å². The van der Waals surface area contributed by atoms with Crippen molar-refractivity contribution in [1.82, 2.24) is 0 Å². The Balaban J connectivity index is 4.08. The van der Waals surface area contributed by atoms with Gasteiger partial charge in [-0.2, -0.15) is 0 Å². The Kier molecular flexibility index (Phi) is 5.45. The molecule has 0 aromatic heterocycles. The molecule has 0 N–H and O–H groups in total. The monoisotopic (exact) mass is 204 g/mol. The van der Waals surface area contributed by atoms with Crippen LogP contribution in [0, 0.1) is 11.8 Å². The van der Waals surface area contributed by atoms with Crippen molar-refractivity contribution in [2.24, 2.45) is 11.8 Å². The lowest BCUT2D eigenvalue weighted by Crippen LogP contribution is -2.25. The van der Waals surface area contributed by atoms with Gasteiger partial charge >= 0.3 is 0 Å². The molecule has 2 nitrogen and oxygen atoms in total. The van der Waals surface area contributed by atoms with E-state index in [4.69, 9.17) is 0 Å². The van der Waals surface area contributed by atoms with E-state index in [0.29, 0.717) is 5.92 Å². The molecule has 78 valence electrons. The first kappa shape index (κ1) is 12.8. The molecule has 13 heavy (non-hydrogen) atoms. The molecule has 0 aliphatic heterocycles. The lowest BCUT2D eigenvalue weighted by Gasteiger charge is -2.15. The van der Waals surface area contributed by atoms with E-state index in [-0.39, 0.29) is 22.7 Å². The first-order valence-electron chi connectivity index (χ1n) is 4.76. The second kappa shape index (κ2) is 5.53. The molecule has 0 aliphatic rings. The predicted octanol–water partition coefficient (Wildman–Crippen LogP) is 2.00. The van der Waals surface area contributed by atoms with Crippen LogP contribution < -0.4 is 0 Å². The number of ketones is 1. The largest absolute Gasteiger partial charge is 0.298 e. The standard InChI is InChI=1S/C10H20O2S/c1-7(2)9(5)13(12)6-10(11)8(3)4/h7-9H,6H2,1-5H3. The van der Waals surface area contributed by atoms with E-state index in [1.54, 1.807) is 0 Å². The van der Waals surface area contributed by atoms with Crippen molar-refractivity contribution < 1.29 is 9.00 Å². The van der Waals surface area contributed by atoms with Crippen LogP contribution in [0.15, 0.2) is 0 Å². The Bertz CT molecular complexity index is 197. The summed E-state index contributed by atoms with van der Waals surface area (Å²) in [7, 11) is -0.995. The molecule has 0 saturated carbocycles. The van der Waals surface area contributed by atoms with Gasteiger partial charge in [0.1, 0.15) is 5.78 Å². The van der Waals surface area contributed by atoms with Crippen LogP contribution in [-0.2, 0) is 15.6 Å². The number of hydrogen-bond donors (Lipinski definition) is 0. The molecule has 2 unspecified atom stereocenters. The third kappa shape index (κ3) is 4.55. The molecular weight excluding hydrogens is 184 g/mol. The number of carbonyl (C=O) groups is 1. The summed E-state index contributed by atoms with van der Waals surface area (Å²) in [5.41, 5.74) is 0. The first-order valence-corrected chi connectivity index (χ1v) is 6.14. The van der Waals surface area contributed by atoms with Crippen LogP contribution in [0.1, 0.15) is 34.6 Å². The van der Waals surface area contributed by atoms with Gasteiger partial charge in [-0.15, -0.1) is 0 Å². The van der Waals surface area contributed by atoms with E-state index in [1.165, 1.54) is 0 Å². The molecule has 0 rings (SSSR count). The zero-order valence-electron chi connectivity index (χ0n) is 9.16. The van der Waals surface area contributed by atoms with Crippen LogP contribution >= 0.6 is 0 Å². The molecule has 0 aromatic rings. The average Bonchev–Trinajstić information content (AvgIpc) is 2.02. The van der Waals surface area contributed by atoms with Gasteiger partial charge in [0.25, 0.3) is 0 Å². The van der Waals surface area contributed by atoms with Crippen LogP contribution in [0.3, 0.4) is 0 Å². The van der Waals surface area contributed by atoms with Gasteiger partial charge < -0.3 is 0 Å². The second-order valence-electron chi connectivity index (χ2n) is 4.10. The summed E-state index contributed by atoms with van der Waals surface area (Å²) in [5, 5.41) is 0.114. The third-order valence-corrected chi connectivity index (χ3v) is 4.22. The summed E-state index contributed by atoms with van der Waals surface area (Å²) in [6, 6.07) is 0. The molecule has 0 heterocycles. The predicted molar refractivity (Wildman–Crippen MR) is 57.2 cm³/mol. The van der Waals surface area contributed by atoms with E-state index >= 15 is 0 Å². The molecule has 0 spiro atoms. The van der Waals surface area contributed by atoms with Crippen LogP contribution in [-0.4, -0.2) is 21.0 Å². The molecule has 0 saturated heterocycles. The molecule has 0 amide bonds. The maximum Gasteiger partial charge on any atom is 0.147 e. The lowest BCUT2D eigenvalue weighted by molar-refractivity contribution is -0.119. The fourth-order valence-corrected chi connectivity index (χ4v) is 2.23. The number of carbonyl (C=O) groups excluding carboxylic acids is 1. The highest BCUT2D eigenvalue weighted by molar-refractivity contribution is 7.86. The molecule has 0 fully saturated rings. The number of Topliss-reactive ketones (excluding diaryl/α,β-unsaturated/α-hetero) is 1. The Morgan fingerprint density at radius 1 is 1.15 bits per heavy atom. The highest BCUT2D eigenvalue weighted by atomic mass is 32.2. The minimum atomic E-state index is -0.995. The average molecular weight is 204 g/mol. The van der Waals surface area contributed by atoms with Gasteiger partial charge in [-0.25, -0.2) is 0 Å². The van der Waals surface area contributed by atoms with Crippen molar-refractivity contribution in [3.63, 3.8) is 0 Å². The van der Waals surface area contributed by atoms with Gasteiger partial charge in [-0.3, -0.25) is 9.00 Å². The van der Waals surface area contributed by atoms with Crippen LogP contribution in [0.25, 0.3) is 0 Å². The van der Waals surface area contributed by atoms with Crippen molar-refractivity contribution in [1.29, 1.82) is 0 Å². The van der Waals surface area contributed by atoms with Gasteiger partial charge in [-0.05, 0) is 5.92 Å². The van der Waals surface area contributed by atoms with Crippen LogP contribution in [0.2, 0.25) is 0 Å². The van der Waals surface area contributed by atoms with Gasteiger partial charge in [0.15, 0.2) is 0 Å². The number of hydrogen-bond acceptors (Lipinski definition) is 2. The summed E-state index contributed by atoms with van der Waals surface area (Å²) in [6.07, 6.45) is 0. The Hall–Kier alpha value is -0.180. The lowest BCUT2D eigenvalue weighted by atomic mass is 10.1. The molecule has 0 bridgehead atoms. The summed E-state index contributed by atoms with van der Waals surface area (Å²) < 4.78 is 11.6. The fraction of sp³-hybridized carbons (Fsp3) is 0.900. The molecule has 0 aromatic carbocycles. The number of rotatable bonds is 5. The van der Waals surface area contributed by atoms with Crippen LogP contribution in [0.5, 0.6) is 0 Å². The van der Waals surface area contributed by atoms with Crippen molar-refractivity contribution in [2.45, 2.75) is 39.9 Å². The van der Waals surface area contributed by atoms with Gasteiger partial charge in [-0.1, -0.05) is 34.6 Å². The Morgan fingerprint density at radius 2 is 1.62 bits per heavy atom. The van der Waals surface area contributed by atoms with Crippen LogP contribution in [0.4, 0.5) is 0 Å². The highest BCUT2D eigenvalue weighted by Crippen LogP contribution is 2.10. The highest BCUT2D eigenvalue weighted by Gasteiger charge is 2.19. The smallest absolute Gasteiger partial charge is 0.147 e. The molecular formula is C10H20O2S. The zero-order chi connectivity index (χ0) is 10.6. The van der Waals surface area contributed by atoms with E-state index in [2.05, 4.69) is 0 Å². The third-order valence-electron chi connectivity index (χ3n) is 2.28. The SMILES string of the molecule is CC(C)C(=O)CS(=O)C(C)C(C)C. The van der Waals surface area contributed by atoms with E-state index in [1.807, 2.05) is 34.6 Å². The fourth-order valence-electron chi connectivity index (χ4n) is 0.742. The van der Waals surface area contributed by atoms with Gasteiger partial charge in [0.05, 0.1) is 5.75 Å². The molecule has 2 atom stereocenters. The maximum atomic E-state index is 11.6. The van der Waals surface area contributed by atoms with E-state index < -0.39 is 10.8 Å².